The van der Waals surface area contributed by atoms with Gasteiger partial charge in [-0.25, -0.2) is 0 Å². The maximum Gasteiger partial charge on any atom is 0.204 e. The highest BCUT2D eigenvalue weighted by Gasteiger charge is 2.06. The highest BCUT2D eigenvalue weighted by molar-refractivity contribution is 5.75. The molecule has 0 spiro atoms. The molecule has 0 fully saturated rings. The van der Waals surface area contributed by atoms with Crippen molar-refractivity contribution >= 4 is 11.0 Å². The zero-order valence-corrected chi connectivity index (χ0v) is 13.3. The van der Waals surface area contributed by atoms with Gasteiger partial charge in [-0.1, -0.05) is 51.2 Å². The summed E-state index contributed by atoms with van der Waals surface area (Å²) in [6.45, 7) is 3.49. The lowest BCUT2D eigenvalue weighted by molar-refractivity contribution is 0.0731. The molecule has 0 amide bonds. The van der Waals surface area contributed by atoms with E-state index in [9.17, 15) is 0 Å². The van der Waals surface area contributed by atoms with Gasteiger partial charge in [0.15, 0.2) is 0 Å². The zero-order chi connectivity index (χ0) is 15.1. The molecule has 1 N–H and O–H groups in total. The van der Waals surface area contributed by atoms with Gasteiger partial charge in [-0.15, -0.1) is 0 Å². The molecule has 0 atom stereocenters. The van der Waals surface area contributed by atoms with E-state index in [2.05, 4.69) is 6.92 Å². The van der Waals surface area contributed by atoms with Crippen LogP contribution >= 0.6 is 0 Å². The van der Waals surface area contributed by atoms with Crippen molar-refractivity contribution in [1.82, 2.24) is 9.13 Å². The van der Waals surface area contributed by atoms with Crippen LogP contribution in [0.2, 0.25) is 0 Å². The molecule has 2 rings (SSSR count). The molecule has 0 saturated carbocycles. The van der Waals surface area contributed by atoms with Crippen molar-refractivity contribution in [2.24, 2.45) is 7.05 Å². The van der Waals surface area contributed by atoms with Gasteiger partial charge in [0.2, 0.25) is 5.62 Å². The van der Waals surface area contributed by atoms with Crippen molar-refractivity contribution < 1.29 is 4.74 Å². The Hall–Kier alpha value is -1.55. The Balaban J connectivity index is 1.82. The first kappa shape index (κ1) is 15.8. The normalized spacial score (nSPS) is 11.3. The summed E-state index contributed by atoms with van der Waals surface area (Å²) in [5.74, 6) is 0. The van der Waals surface area contributed by atoms with Gasteiger partial charge in [0, 0.05) is 13.7 Å². The van der Waals surface area contributed by atoms with Gasteiger partial charge in [-0.2, -0.15) is 0 Å². The monoisotopic (exact) mass is 289 g/mol. The first-order valence-corrected chi connectivity index (χ1v) is 8.02. The zero-order valence-electron chi connectivity index (χ0n) is 13.3. The molecule has 21 heavy (non-hydrogen) atoms. The summed E-state index contributed by atoms with van der Waals surface area (Å²) in [6.07, 6.45) is 7.64. The summed E-state index contributed by atoms with van der Waals surface area (Å²) in [7, 11) is 1.93. The molecule has 1 heterocycles. The number of imidazole rings is 1. The first-order valence-electron chi connectivity index (χ1n) is 8.02. The van der Waals surface area contributed by atoms with Crippen LogP contribution in [-0.2, 0) is 18.5 Å². The second-order valence-electron chi connectivity index (χ2n) is 5.60. The van der Waals surface area contributed by atoms with E-state index in [1.54, 1.807) is 0 Å². The average molecular weight is 289 g/mol. The van der Waals surface area contributed by atoms with Crippen molar-refractivity contribution in [1.29, 1.82) is 5.41 Å². The molecule has 4 nitrogen and oxygen atoms in total. The van der Waals surface area contributed by atoms with Crippen LogP contribution in [0.3, 0.4) is 0 Å². The molecule has 2 aromatic rings. The number of hydrogen-bond acceptors (Lipinski definition) is 2. The van der Waals surface area contributed by atoms with Crippen molar-refractivity contribution in [3.63, 3.8) is 0 Å². The van der Waals surface area contributed by atoms with Gasteiger partial charge in [0.25, 0.3) is 0 Å². The quantitative estimate of drug-likeness (QED) is 0.701. The molecule has 0 aliphatic heterocycles. The van der Waals surface area contributed by atoms with Gasteiger partial charge in [-0.05, 0) is 18.6 Å². The number of benzene rings is 1. The molecule has 0 aliphatic carbocycles. The number of aryl methyl sites for hydroxylation is 1. The van der Waals surface area contributed by atoms with Crippen LogP contribution in [0.1, 0.15) is 45.4 Å². The summed E-state index contributed by atoms with van der Waals surface area (Å²) < 4.78 is 9.57. The molecule has 116 valence electrons. The fourth-order valence-electron chi connectivity index (χ4n) is 2.66. The molecular formula is C17H27N3O. The highest BCUT2D eigenvalue weighted by Crippen LogP contribution is 2.11. The molecule has 0 radical (unpaired) electrons. The second-order valence-corrected chi connectivity index (χ2v) is 5.60. The fraction of sp³-hybridized carbons (Fsp3) is 0.588. The van der Waals surface area contributed by atoms with E-state index >= 15 is 0 Å². The lowest BCUT2D eigenvalue weighted by Crippen LogP contribution is -2.23. The van der Waals surface area contributed by atoms with Crippen LogP contribution in [0.4, 0.5) is 0 Å². The van der Waals surface area contributed by atoms with E-state index in [1.165, 1.54) is 32.1 Å². The number of nitrogens with zero attached hydrogens (tertiary/aromatic N) is 2. The third kappa shape index (κ3) is 3.97. The molecule has 1 aromatic heterocycles. The fourth-order valence-corrected chi connectivity index (χ4v) is 2.66. The van der Waals surface area contributed by atoms with E-state index in [0.717, 1.165) is 24.1 Å². The average Bonchev–Trinajstić information content (AvgIpc) is 2.75. The first-order chi connectivity index (χ1) is 10.3. The van der Waals surface area contributed by atoms with Gasteiger partial charge in [0.05, 0.1) is 11.0 Å². The summed E-state index contributed by atoms with van der Waals surface area (Å²) in [5, 5.41) is 8.16. The Kier molecular flexibility index (Phi) is 6.05. The largest absolute Gasteiger partial charge is 0.361 e. The number of hydrogen-bond donors (Lipinski definition) is 1. The standard InChI is InChI=1S/C17H27N3O/c1-3-4-5-6-7-10-13-21-14-20-16-12-9-8-11-15(16)19(2)17(20)18/h8-9,11-12,18H,3-7,10,13-14H2,1-2H3. The molecule has 0 aliphatic rings. The maximum absolute atomic E-state index is 8.16. The summed E-state index contributed by atoms with van der Waals surface area (Å²) in [6, 6.07) is 8.09. The Bertz CT molecular complexity index is 612. The van der Waals surface area contributed by atoms with Crippen molar-refractivity contribution in [2.75, 3.05) is 6.61 Å². The summed E-state index contributed by atoms with van der Waals surface area (Å²) in [5.41, 5.74) is 2.62. The molecule has 4 heteroatoms. The number of para-hydroxylation sites is 2. The second kappa shape index (κ2) is 8.03. The third-order valence-corrected chi connectivity index (χ3v) is 3.97. The predicted molar refractivity (Wildman–Crippen MR) is 86.1 cm³/mol. The number of ether oxygens (including phenoxy) is 1. The molecule has 0 bridgehead atoms. The lowest BCUT2D eigenvalue weighted by Gasteiger charge is -2.06. The van der Waals surface area contributed by atoms with Gasteiger partial charge in [-0.3, -0.25) is 9.98 Å². The Labute approximate surface area is 126 Å². The minimum atomic E-state index is 0.467. The van der Waals surface area contributed by atoms with Gasteiger partial charge < -0.3 is 9.30 Å². The molecular weight excluding hydrogens is 262 g/mol. The number of aromatic nitrogens is 2. The van der Waals surface area contributed by atoms with Crippen LogP contribution in [-0.4, -0.2) is 15.7 Å². The van der Waals surface area contributed by atoms with Crippen molar-refractivity contribution in [3.8, 4) is 0 Å². The Morgan fingerprint density at radius 1 is 1.00 bits per heavy atom. The van der Waals surface area contributed by atoms with Crippen LogP contribution in [0.5, 0.6) is 0 Å². The predicted octanol–water partition coefficient (Wildman–Crippen LogP) is 3.79. The van der Waals surface area contributed by atoms with Crippen LogP contribution in [0.15, 0.2) is 24.3 Å². The van der Waals surface area contributed by atoms with Gasteiger partial charge >= 0.3 is 0 Å². The Morgan fingerprint density at radius 2 is 1.67 bits per heavy atom. The smallest absolute Gasteiger partial charge is 0.204 e. The minimum absolute atomic E-state index is 0.467. The summed E-state index contributed by atoms with van der Waals surface area (Å²) >= 11 is 0. The molecule has 0 saturated heterocycles. The maximum atomic E-state index is 8.16. The number of rotatable bonds is 9. The van der Waals surface area contributed by atoms with E-state index in [0.29, 0.717) is 12.3 Å². The number of nitrogens with one attached hydrogen (secondary N) is 1. The minimum Gasteiger partial charge on any atom is -0.361 e. The lowest BCUT2D eigenvalue weighted by atomic mass is 10.1. The number of unbranched alkanes of at least 4 members (excludes halogenated alkanes) is 5. The highest BCUT2D eigenvalue weighted by atomic mass is 16.5. The van der Waals surface area contributed by atoms with E-state index in [1.807, 2.05) is 40.4 Å². The summed E-state index contributed by atoms with van der Waals surface area (Å²) in [4.78, 5) is 0. The SMILES string of the molecule is CCCCCCCCOCn1c(=N)n(C)c2ccccc21. The topological polar surface area (TPSA) is 42.9 Å². The van der Waals surface area contributed by atoms with E-state index < -0.39 is 0 Å². The van der Waals surface area contributed by atoms with Crippen LogP contribution < -0.4 is 5.62 Å². The van der Waals surface area contributed by atoms with E-state index in [4.69, 9.17) is 10.1 Å². The molecule has 0 unspecified atom stereocenters. The third-order valence-electron chi connectivity index (χ3n) is 3.97. The van der Waals surface area contributed by atoms with Gasteiger partial charge in [0.1, 0.15) is 6.73 Å². The molecule has 1 aromatic carbocycles. The van der Waals surface area contributed by atoms with Crippen LogP contribution in [0, 0.1) is 5.41 Å². The van der Waals surface area contributed by atoms with Crippen molar-refractivity contribution in [3.05, 3.63) is 29.9 Å². The van der Waals surface area contributed by atoms with Crippen LogP contribution in [0.25, 0.3) is 11.0 Å². The van der Waals surface area contributed by atoms with Crippen molar-refractivity contribution in [2.45, 2.75) is 52.2 Å². The Morgan fingerprint density at radius 3 is 2.43 bits per heavy atom. The van der Waals surface area contributed by atoms with E-state index in [-0.39, 0.29) is 0 Å². The number of fused-ring (bicyclic) bond motifs is 1.